The van der Waals surface area contributed by atoms with Crippen molar-refractivity contribution in [1.29, 1.82) is 0 Å². The first-order valence-electron chi connectivity index (χ1n) is 6.83. The number of hydrogen-bond donors (Lipinski definition) is 1. The number of aromatic nitrogens is 1. The minimum absolute atomic E-state index is 0.0281. The van der Waals surface area contributed by atoms with Gasteiger partial charge in [0.05, 0.1) is 23.2 Å². The van der Waals surface area contributed by atoms with Gasteiger partial charge in [-0.1, -0.05) is 13.8 Å². The highest BCUT2D eigenvalue weighted by atomic mass is 32.1. The van der Waals surface area contributed by atoms with Crippen LogP contribution in [0.25, 0.3) is 0 Å². The van der Waals surface area contributed by atoms with Gasteiger partial charge in [-0.3, -0.25) is 4.79 Å². The molecule has 1 atom stereocenters. The summed E-state index contributed by atoms with van der Waals surface area (Å²) >= 11 is 1.61. The fourth-order valence-corrected chi connectivity index (χ4v) is 2.81. The van der Waals surface area contributed by atoms with Gasteiger partial charge in [0.25, 0.3) is 0 Å². The Balaban J connectivity index is 1.84. The van der Waals surface area contributed by atoms with Crippen molar-refractivity contribution in [2.45, 2.75) is 45.1 Å². The number of likely N-dealkylation sites (N-methyl/N-ethyl adjacent to an activating group) is 1. The van der Waals surface area contributed by atoms with Gasteiger partial charge >= 0.3 is 0 Å². The van der Waals surface area contributed by atoms with Crippen molar-refractivity contribution in [3.63, 3.8) is 0 Å². The lowest BCUT2D eigenvalue weighted by Gasteiger charge is -2.20. The third-order valence-electron chi connectivity index (χ3n) is 3.45. The molecule has 1 aromatic rings. The van der Waals surface area contributed by atoms with E-state index in [1.807, 2.05) is 5.38 Å². The first-order chi connectivity index (χ1) is 8.97. The van der Waals surface area contributed by atoms with E-state index in [2.05, 4.69) is 18.8 Å². The maximum Gasteiger partial charge on any atom is 0.228 e. The average Bonchev–Trinajstić information content (AvgIpc) is 3.09. The largest absolute Gasteiger partial charge is 0.391 e. The summed E-state index contributed by atoms with van der Waals surface area (Å²) in [5, 5.41) is 12.9. The Morgan fingerprint density at radius 1 is 1.58 bits per heavy atom. The number of thiazole rings is 1. The Morgan fingerprint density at radius 2 is 2.26 bits per heavy atom. The molecule has 4 nitrogen and oxygen atoms in total. The van der Waals surface area contributed by atoms with E-state index in [4.69, 9.17) is 0 Å². The molecule has 0 spiro atoms. The fourth-order valence-electron chi connectivity index (χ4n) is 1.97. The molecule has 1 fully saturated rings. The second-order valence-corrected chi connectivity index (χ2v) is 6.58. The molecule has 1 aliphatic rings. The minimum atomic E-state index is -0.365. The lowest BCUT2D eigenvalue weighted by Crippen LogP contribution is -2.36. The van der Waals surface area contributed by atoms with Crippen LogP contribution in [0.4, 0.5) is 0 Å². The van der Waals surface area contributed by atoms with Gasteiger partial charge in [-0.25, -0.2) is 4.98 Å². The smallest absolute Gasteiger partial charge is 0.228 e. The lowest BCUT2D eigenvalue weighted by atomic mass is 10.2. The number of carbonyl (C=O) groups excluding carboxylic acids is 1. The van der Waals surface area contributed by atoms with Crippen molar-refractivity contribution >= 4 is 17.2 Å². The highest BCUT2D eigenvalue weighted by Gasteiger charge is 2.31. The van der Waals surface area contributed by atoms with Crippen LogP contribution in [-0.4, -0.2) is 40.6 Å². The zero-order valence-electron chi connectivity index (χ0n) is 11.8. The Morgan fingerprint density at radius 3 is 2.79 bits per heavy atom. The molecule has 19 heavy (non-hydrogen) atoms. The topological polar surface area (TPSA) is 53.4 Å². The number of rotatable bonds is 6. The molecule has 1 saturated carbocycles. The predicted octanol–water partition coefficient (Wildman–Crippen LogP) is 2.04. The first kappa shape index (κ1) is 14.5. The fraction of sp³-hybridized carbons (Fsp3) is 0.714. The van der Waals surface area contributed by atoms with Gasteiger partial charge < -0.3 is 10.0 Å². The molecule has 0 saturated heterocycles. The standard InChI is InChI=1S/C14H22N2O2S/c1-9(2)14-15-11(8-19-14)6-13(18)16(3)7-12(17)10-4-5-10/h8-10,12,17H,4-7H2,1-3H3. The van der Waals surface area contributed by atoms with Crippen LogP contribution >= 0.6 is 11.3 Å². The van der Waals surface area contributed by atoms with Gasteiger partial charge in [0.1, 0.15) is 0 Å². The molecule has 106 valence electrons. The number of aliphatic hydroxyl groups excluding tert-OH is 1. The van der Waals surface area contributed by atoms with Crippen molar-refractivity contribution in [2.24, 2.45) is 5.92 Å². The Bertz CT molecular complexity index is 440. The van der Waals surface area contributed by atoms with Crippen LogP contribution in [-0.2, 0) is 11.2 Å². The van der Waals surface area contributed by atoms with Gasteiger partial charge in [-0.15, -0.1) is 11.3 Å². The van der Waals surface area contributed by atoms with Crippen molar-refractivity contribution < 1.29 is 9.90 Å². The van der Waals surface area contributed by atoms with E-state index >= 15 is 0 Å². The van der Waals surface area contributed by atoms with Crippen LogP contribution in [0, 0.1) is 5.92 Å². The molecule has 0 radical (unpaired) electrons. The van der Waals surface area contributed by atoms with E-state index in [0.717, 1.165) is 23.5 Å². The summed E-state index contributed by atoms with van der Waals surface area (Å²) in [6, 6.07) is 0. The van der Waals surface area contributed by atoms with Gasteiger partial charge in [0.2, 0.25) is 5.91 Å². The molecule has 1 aromatic heterocycles. The SMILES string of the molecule is CC(C)c1nc(CC(=O)N(C)CC(O)C2CC2)cs1. The third-order valence-corrected chi connectivity index (χ3v) is 4.64. The van der Waals surface area contributed by atoms with Gasteiger partial charge in [0, 0.05) is 24.9 Å². The predicted molar refractivity (Wildman–Crippen MR) is 76.3 cm³/mol. The molecule has 5 heteroatoms. The van der Waals surface area contributed by atoms with Crippen molar-refractivity contribution in [2.75, 3.05) is 13.6 Å². The summed E-state index contributed by atoms with van der Waals surface area (Å²) in [4.78, 5) is 18.1. The molecule has 1 unspecified atom stereocenters. The van der Waals surface area contributed by atoms with Crippen LogP contribution in [0.15, 0.2) is 5.38 Å². The summed E-state index contributed by atoms with van der Waals surface area (Å²) in [6.45, 7) is 4.63. The molecule has 1 heterocycles. The number of amides is 1. The summed E-state index contributed by atoms with van der Waals surface area (Å²) in [7, 11) is 1.75. The van der Waals surface area contributed by atoms with E-state index in [0.29, 0.717) is 24.8 Å². The molecule has 1 amide bonds. The molecular weight excluding hydrogens is 260 g/mol. The normalized spacial score (nSPS) is 16.7. The van der Waals surface area contributed by atoms with Crippen LogP contribution < -0.4 is 0 Å². The highest BCUT2D eigenvalue weighted by molar-refractivity contribution is 7.09. The van der Waals surface area contributed by atoms with Gasteiger partial charge in [0.15, 0.2) is 0 Å². The summed E-state index contributed by atoms with van der Waals surface area (Å²) in [5.74, 6) is 0.839. The molecule has 0 bridgehead atoms. The quantitative estimate of drug-likeness (QED) is 0.868. The first-order valence-corrected chi connectivity index (χ1v) is 7.71. The van der Waals surface area contributed by atoms with Gasteiger partial charge in [-0.05, 0) is 18.8 Å². The van der Waals surface area contributed by atoms with Gasteiger partial charge in [-0.2, -0.15) is 0 Å². The second kappa shape index (κ2) is 6.01. The third kappa shape index (κ3) is 4.01. The van der Waals surface area contributed by atoms with E-state index in [-0.39, 0.29) is 12.0 Å². The average molecular weight is 282 g/mol. The highest BCUT2D eigenvalue weighted by Crippen LogP contribution is 2.32. The Hall–Kier alpha value is -0.940. The number of aliphatic hydroxyl groups is 1. The molecule has 1 N–H and O–H groups in total. The Kier molecular flexibility index (Phi) is 4.58. The maximum atomic E-state index is 12.0. The monoisotopic (exact) mass is 282 g/mol. The van der Waals surface area contributed by atoms with E-state index in [9.17, 15) is 9.90 Å². The zero-order chi connectivity index (χ0) is 14.0. The molecule has 1 aliphatic carbocycles. The number of nitrogens with zero attached hydrogens (tertiary/aromatic N) is 2. The minimum Gasteiger partial charge on any atom is -0.391 e. The lowest BCUT2D eigenvalue weighted by molar-refractivity contribution is -0.130. The zero-order valence-corrected chi connectivity index (χ0v) is 12.6. The Labute approximate surface area is 118 Å². The molecule has 2 rings (SSSR count). The van der Waals surface area contributed by atoms with E-state index in [1.165, 1.54) is 0 Å². The van der Waals surface area contributed by atoms with Crippen LogP contribution in [0.3, 0.4) is 0 Å². The number of carbonyl (C=O) groups is 1. The summed E-state index contributed by atoms with van der Waals surface area (Å²) < 4.78 is 0. The van der Waals surface area contributed by atoms with E-state index in [1.54, 1.807) is 23.3 Å². The molecule has 0 aliphatic heterocycles. The van der Waals surface area contributed by atoms with E-state index < -0.39 is 0 Å². The van der Waals surface area contributed by atoms with Crippen molar-refractivity contribution in [3.05, 3.63) is 16.1 Å². The maximum absolute atomic E-state index is 12.0. The van der Waals surface area contributed by atoms with Crippen molar-refractivity contribution in [3.8, 4) is 0 Å². The van der Waals surface area contributed by atoms with Crippen molar-refractivity contribution in [1.82, 2.24) is 9.88 Å². The van der Waals surface area contributed by atoms with Crippen LogP contribution in [0.1, 0.15) is 43.3 Å². The second-order valence-electron chi connectivity index (χ2n) is 5.69. The summed E-state index contributed by atoms with van der Waals surface area (Å²) in [5.41, 5.74) is 0.839. The summed E-state index contributed by atoms with van der Waals surface area (Å²) in [6.07, 6.45) is 2.15. The number of hydrogen-bond acceptors (Lipinski definition) is 4. The van der Waals surface area contributed by atoms with Crippen LogP contribution in [0.2, 0.25) is 0 Å². The molecule has 0 aromatic carbocycles. The van der Waals surface area contributed by atoms with Crippen LogP contribution in [0.5, 0.6) is 0 Å². The molecular formula is C14H22N2O2S.